The Balaban J connectivity index is 2.40. The summed E-state index contributed by atoms with van der Waals surface area (Å²) in [4.78, 5) is 12.7. The molecular formula is C19H18BrN3O2. The molecule has 0 saturated heterocycles. The minimum atomic E-state index is -0.464. The van der Waals surface area contributed by atoms with E-state index >= 15 is 0 Å². The molecule has 0 bridgehead atoms. The number of non-ortho nitro benzene ring substituents is 1. The molecule has 2 aromatic rings. The van der Waals surface area contributed by atoms with Crippen molar-refractivity contribution in [3.05, 3.63) is 68.2 Å². The smallest absolute Gasteiger partial charge is 0.270 e. The third-order valence-corrected chi connectivity index (χ3v) is 4.51. The first-order chi connectivity index (χ1) is 12.0. The van der Waals surface area contributed by atoms with Gasteiger partial charge in [-0.15, -0.1) is 0 Å². The first-order valence-electron chi connectivity index (χ1n) is 7.91. The van der Waals surface area contributed by atoms with E-state index in [9.17, 15) is 15.4 Å². The summed E-state index contributed by atoms with van der Waals surface area (Å²) in [5.74, 6) is 0. The van der Waals surface area contributed by atoms with Gasteiger partial charge in [-0.05, 0) is 59.1 Å². The van der Waals surface area contributed by atoms with Crippen molar-refractivity contribution in [2.45, 2.75) is 13.8 Å². The van der Waals surface area contributed by atoms with Crippen molar-refractivity contribution < 1.29 is 4.92 Å². The summed E-state index contributed by atoms with van der Waals surface area (Å²) in [6.45, 7) is 6.00. The fraction of sp³-hybridized carbons (Fsp3) is 0.211. The van der Waals surface area contributed by atoms with Gasteiger partial charge in [-0.3, -0.25) is 10.1 Å². The second kappa shape index (κ2) is 8.45. The van der Waals surface area contributed by atoms with E-state index in [-0.39, 0.29) is 5.69 Å². The number of anilines is 1. The summed E-state index contributed by atoms with van der Waals surface area (Å²) in [6, 6.07) is 14.1. The highest BCUT2D eigenvalue weighted by Crippen LogP contribution is 2.29. The number of hydrogen-bond donors (Lipinski definition) is 0. The molecule has 0 N–H and O–H groups in total. The molecule has 0 saturated carbocycles. The fourth-order valence-corrected chi connectivity index (χ4v) is 3.21. The molecule has 0 amide bonds. The summed E-state index contributed by atoms with van der Waals surface area (Å²) < 4.78 is 0.946. The van der Waals surface area contributed by atoms with Gasteiger partial charge in [-0.2, -0.15) is 5.26 Å². The van der Waals surface area contributed by atoms with Crippen LogP contribution in [0, 0.1) is 21.4 Å². The standard InChI is InChI=1S/C19H18BrN3O2/c1-3-22(4-2)19-9-8-14(11-18(19)20)10-16(13-21)15-6-5-7-17(12-15)23(24)25/h5-12H,3-4H2,1-2H3/b16-10-. The molecule has 0 atom stereocenters. The molecule has 2 aromatic carbocycles. The highest BCUT2D eigenvalue weighted by atomic mass is 79.9. The van der Waals surface area contributed by atoms with Gasteiger partial charge in [0.1, 0.15) is 0 Å². The maximum absolute atomic E-state index is 10.9. The molecule has 0 fully saturated rings. The second-order valence-corrected chi connectivity index (χ2v) is 6.21. The van der Waals surface area contributed by atoms with Crippen LogP contribution >= 0.6 is 15.9 Å². The number of benzene rings is 2. The van der Waals surface area contributed by atoms with Crippen LogP contribution in [0.15, 0.2) is 46.9 Å². The summed E-state index contributed by atoms with van der Waals surface area (Å²) in [6.07, 6.45) is 1.73. The van der Waals surface area contributed by atoms with Gasteiger partial charge in [-0.25, -0.2) is 0 Å². The molecule has 0 spiro atoms. The van der Waals surface area contributed by atoms with Crippen LogP contribution in [0.1, 0.15) is 25.0 Å². The average Bonchev–Trinajstić information content (AvgIpc) is 2.62. The number of allylic oxidation sites excluding steroid dienone is 1. The Morgan fingerprint density at radius 3 is 2.56 bits per heavy atom. The molecule has 5 nitrogen and oxygen atoms in total. The minimum Gasteiger partial charge on any atom is -0.371 e. The molecule has 0 radical (unpaired) electrons. The quantitative estimate of drug-likeness (QED) is 0.287. The summed E-state index contributed by atoms with van der Waals surface area (Å²) in [5, 5.41) is 20.4. The maximum atomic E-state index is 10.9. The van der Waals surface area contributed by atoms with Gasteiger partial charge >= 0.3 is 0 Å². The molecule has 0 aliphatic rings. The highest BCUT2D eigenvalue weighted by Gasteiger charge is 2.10. The number of nitro groups is 1. The molecule has 0 aromatic heterocycles. The van der Waals surface area contributed by atoms with Crippen LogP contribution in [-0.2, 0) is 0 Å². The summed E-state index contributed by atoms with van der Waals surface area (Å²) in [5.41, 5.74) is 2.82. The lowest BCUT2D eigenvalue weighted by Crippen LogP contribution is -2.22. The highest BCUT2D eigenvalue weighted by molar-refractivity contribution is 9.10. The Hall–Kier alpha value is -2.65. The summed E-state index contributed by atoms with van der Waals surface area (Å²) >= 11 is 3.59. The van der Waals surface area contributed by atoms with E-state index in [0.29, 0.717) is 11.1 Å². The summed E-state index contributed by atoms with van der Waals surface area (Å²) in [7, 11) is 0. The van der Waals surface area contributed by atoms with Crippen LogP contribution in [0.2, 0.25) is 0 Å². The van der Waals surface area contributed by atoms with Crippen LogP contribution in [0.25, 0.3) is 11.6 Å². The molecule has 0 aliphatic carbocycles. The van der Waals surface area contributed by atoms with Crippen molar-refractivity contribution in [2.24, 2.45) is 0 Å². The second-order valence-electron chi connectivity index (χ2n) is 5.36. The van der Waals surface area contributed by atoms with E-state index in [0.717, 1.165) is 28.8 Å². The van der Waals surface area contributed by atoms with Gasteiger partial charge in [0.2, 0.25) is 0 Å². The van der Waals surface area contributed by atoms with Crippen molar-refractivity contribution in [1.82, 2.24) is 0 Å². The molecule has 25 heavy (non-hydrogen) atoms. The molecule has 128 valence electrons. The topological polar surface area (TPSA) is 70.2 Å². The zero-order chi connectivity index (χ0) is 18.4. The molecule has 2 rings (SSSR count). The van der Waals surface area contributed by atoms with E-state index in [4.69, 9.17) is 0 Å². The number of hydrogen-bond acceptors (Lipinski definition) is 4. The van der Waals surface area contributed by atoms with E-state index in [1.54, 1.807) is 18.2 Å². The van der Waals surface area contributed by atoms with Crippen LogP contribution in [0.5, 0.6) is 0 Å². The number of nitro benzene ring substituents is 1. The van der Waals surface area contributed by atoms with Crippen LogP contribution in [-0.4, -0.2) is 18.0 Å². The van der Waals surface area contributed by atoms with E-state index in [1.807, 2.05) is 18.2 Å². The molecule has 6 heteroatoms. The number of halogens is 1. The SMILES string of the molecule is CCN(CC)c1ccc(/C=C(/C#N)c2cccc([N+](=O)[O-])c2)cc1Br. The Morgan fingerprint density at radius 2 is 2.00 bits per heavy atom. The monoisotopic (exact) mass is 399 g/mol. The van der Waals surface area contributed by atoms with E-state index < -0.39 is 4.92 Å². The Kier molecular flexibility index (Phi) is 6.31. The van der Waals surface area contributed by atoms with Crippen molar-refractivity contribution >= 4 is 39.0 Å². The maximum Gasteiger partial charge on any atom is 0.270 e. The van der Waals surface area contributed by atoms with Crippen molar-refractivity contribution in [3.63, 3.8) is 0 Å². The van der Waals surface area contributed by atoms with Gasteiger partial charge in [-0.1, -0.05) is 18.2 Å². The molecular weight excluding hydrogens is 382 g/mol. The van der Waals surface area contributed by atoms with E-state index in [1.165, 1.54) is 12.1 Å². The van der Waals surface area contributed by atoms with Crippen LogP contribution in [0.4, 0.5) is 11.4 Å². The lowest BCUT2D eigenvalue weighted by molar-refractivity contribution is -0.384. The number of nitrogens with zero attached hydrogens (tertiary/aromatic N) is 3. The Labute approximate surface area is 155 Å². The fourth-order valence-electron chi connectivity index (χ4n) is 2.57. The predicted molar refractivity (Wildman–Crippen MR) is 104 cm³/mol. The third kappa shape index (κ3) is 4.46. The van der Waals surface area contributed by atoms with E-state index in [2.05, 4.69) is 40.7 Å². The lowest BCUT2D eigenvalue weighted by Gasteiger charge is -2.22. The minimum absolute atomic E-state index is 0.0308. The van der Waals surface area contributed by atoms with Gasteiger partial charge in [0, 0.05) is 29.7 Å². The average molecular weight is 400 g/mol. The molecule has 0 unspecified atom stereocenters. The predicted octanol–water partition coefficient (Wildman–Crippen LogP) is 5.27. The molecule has 0 aliphatic heterocycles. The zero-order valence-corrected chi connectivity index (χ0v) is 15.7. The van der Waals surface area contributed by atoms with Crippen molar-refractivity contribution in [2.75, 3.05) is 18.0 Å². The van der Waals surface area contributed by atoms with Crippen molar-refractivity contribution in [1.29, 1.82) is 5.26 Å². The van der Waals surface area contributed by atoms with Crippen molar-refractivity contribution in [3.8, 4) is 6.07 Å². The first-order valence-corrected chi connectivity index (χ1v) is 8.70. The van der Waals surface area contributed by atoms with Crippen LogP contribution in [0.3, 0.4) is 0 Å². The zero-order valence-electron chi connectivity index (χ0n) is 14.1. The van der Waals surface area contributed by atoms with Gasteiger partial charge in [0.05, 0.1) is 22.3 Å². The van der Waals surface area contributed by atoms with Gasteiger partial charge < -0.3 is 4.90 Å². The molecule has 0 heterocycles. The van der Waals surface area contributed by atoms with Gasteiger partial charge in [0.25, 0.3) is 5.69 Å². The third-order valence-electron chi connectivity index (χ3n) is 3.88. The Bertz CT molecular complexity index is 852. The van der Waals surface area contributed by atoms with Gasteiger partial charge in [0.15, 0.2) is 0 Å². The largest absolute Gasteiger partial charge is 0.371 e. The number of rotatable bonds is 6. The Morgan fingerprint density at radius 1 is 1.28 bits per heavy atom. The van der Waals surface area contributed by atoms with Crippen LogP contribution < -0.4 is 4.90 Å². The first kappa shape index (κ1) is 18.7. The normalized spacial score (nSPS) is 11.0. The lowest BCUT2D eigenvalue weighted by atomic mass is 10.0. The number of nitriles is 1.